The number of carbonyl (C=O) groups is 1. The number of rotatable bonds is 4. The molecule has 0 aliphatic carbocycles. The molecule has 0 aromatic rings. The van der Waals surface area contributed by atoms with E-state index in [2.05, 4.69) is 31.4 Å². The minimum absolute atomic E-state index is 0.0368. The van der Waals surface area contributed by atoms with Gasteiger partial charge in [-0.2, -0.15) is 0 Å². The fourth-order valence-electron chi connectivity index (χ4n) is 3.75. The third-order valence-corrected chi connectivity index (χ3v) is 5.04. The van der Waals surface area contributed by atoms with Crippen LogP contribution in [0, 0.1) is 11.3 Å². The van der Waals surface area contributed by atoms with E-state index >= 15 is 0 Å². The topological polar surface area (TPSA) is 59.6 Å². The maximum atomic E-state index is 12.6. The van der Waals surface area contributed by atoms with Crippen LogP contribution < -0.4 is 10.6 Å². The summed E-state index contributed by atoms with van der Waals surface area (Å²) in [5.74, 6) is 0.419. The molecule has 0 aromatic carbocycles. The summed E-state index contributed by atoms with van der Waals surface area (Å²) in [6.45, 7) is 9.81. The fraction of sp³-hybridized carbons (Fsp3) is 0.941. The lowest BCUT2D eigenvalue weighted by atomic mass is 9.78. The predicted octanol–water partition coefficient (Wildman–Crippen LogP) is 1.71. The van der Waals surface area contributed by atoms with Crippen molar-refractivity contribution in [3.8, 4) is 0 Å². The lowest BCUT2D eigenvalue weighted by Gasteiger charge is -2.41. The molecule has 1 amide bonds. The minimum atomic E-state index is -0.655. The van der Waals surface area contributed by atoms with Crippen molar-refractivity contribution in [2.75, 3.05) is 33.4 Å². The summed E-state index contributed by atoms with van der Waals surface area (Å²) >= 11 is 0. The van der Waals surface area contributed by atoms with Crippen LogP contribution in [0.1, 0.15) is 46.5 Å². The van der Waals surface area contributed by atoms with Crippen molar-refractivity contribution in [3.63, 3.8) is 0 Å². The Balaban J connectivity index is 1.94. The highest BCUT2D eigenvalue weighted by molar-refractivity contribution is 5.85. The molecule has 2 unspecified atom stereocenters. The molecule has 5 nitrogen and oxygen atoms in total. The molecule has 22 heavy (non-hydrogen) atoms. The molecule has 2 aliphatic heterocycles. The SMILES string of the molecule is COC1(C(=O)NCC2CCCOC2C(C)(C)C)CCNCC1. The number of piperidine rings is 1. The standard InChI is InChI=1S/C17H32N2O3/c1-16(2,3)14-13(6-5-11-22-14)12-19-15(20)17(21-4)7-9-18-10-8-17/h13-14,18H,5-12H2,1-4H3,(H,19,20). The van der Waals surface area contributed by atoms with Crippen molar-refractivity contribution in [2.45, 2.75) is 58.2 Å². The average Bonchev–Trinajstić information content (AvgIpc) is 2.52. The Kier molecular flexibility index (Phi) is 5.86. The Labute approximate surface area is 134 Å². The first-order valence-corrected chi connectivity index (χ1v) is 8.55. The maximum absolute atomic E-state index is 12.6. The second kappa shape index (κ2) is 7.28. The summed E-state index contributed by atoms with van der Waals surface area (Å²) in [4.78, 5) is 12.6. The monoisotopic (exact) mass is 312 g/mol. The van der Waals surface area contributed by atoms with Crippen LogP contribution >= 0.6 is 0 Å². The number of ether oxygens (including phenoxy) is 2. The van der Waals surface area contributed by atoms with Crippen molar-refractivity contribution in [1.82, 2.24) is 10.6 Å². The van der Waals surface area contributed by atoms with Crippen molar-refractivity contribution in [3.05, 3.63) is 0 Å². The predicted molar refractivity (Wildman–Crippen MR) is 86.8 cm³/mol. The molecule has 0 aromatic heterocycles. The second-order valence-corrected chi connectivity index (χ2v) is 7.72. The molecule has 0 radical (unpaired) electrons. The molecule has 2 saturated heterocycles. The zero-order chi connectivity index (χ0) is 16.2. The molecule has 2 rings (SSSR count). The van der Waals surface area contributed by atoms with Crippen LogP contribution in [0.4, 0.5) is 0 Å². The average molecular weight is 312 g/mol. The first-order valence-electron chi connectivity index (χ1n) is 8.55. The number of carbonyl (C=O) groups excluding carboxylic acids is 1. The van der Waals surface area contributed by atoms with Gasteiger partial charge in [-0.1, -0.05) is 20.8 Å². The van der Waals surface area contributed by atoms with Gasteiger partial charge in [0.15, 0.2) is 0 Å². The van der Waals surface area contributed by atoms with Gasteiger partial charge in [0.05, 0.1) is 6.10 Å². The van der Waals surface area contributed by atoms with Gasteiger partial charge in [-0.15, -0.1) is 0 Å². The summed E-state index contributed by atoms with van der Waals surface area (Å²) < 4.78 is 11.6. The van der Waals surface area contributed by atoms with E-state index in [0.29, 0.717) is 12.5 Å². The lowest BCUT2D eigenvalue weighted by Crippen LogP contribution is -2.55. The number of hydrogen-bond donors (Lipinski definition) is 2. The van der Waals surface area contributed by atoms with Crippen LogP contribution in [0.25, 0.3) is 0 Å². The Morgan fingerprint density at radius 2 is 2.05 bits per heavy atom. The van der Waals surface area contributed by atoms with Crippen molar-refractivity contribution < 1.29 is 14.3 Å². The van der Waals surface area contributed by atoms with Gasteiger partial charge in [0, 0.05) is 26.2 Å². The Hall–Kier alpha value is -0.650. The molecule has 0 spiro atoms. The van der Waals surface area contributed by atoms with Gasteiger partial charge < -0.3 is 20.1 Å². The van der Waals surface area contributed by atoms with Crippen molar-refractivity contribution in [2.24, 2.45) is 11.3 Å². The van der Waals surface area contributed by atoms with Gasteiger partial charge in [0.1, 0.15) is 5.60 Å². The summed E-state index contributed by atoms with van der Waals surface area (Å²) in [5, 5.41) is 6.43. The van der Waals surface area contributed by atoms with Gasteiger partial charge in [-0.25, -0.2) is 0 Å². The highest BCUT2D eigenvalue weighted by Crippen LogP contribution is 2.34. The quantitative estimate of drug-likeness (QED) is 0.830. The molecular formula is C17H32N2O3. The van der Waals surface area contributed by atoms with E-state index in [4.69, 9.17) is 9.47 Å². The van der Waals surface area contributed by atoms with Crippen LogP contribution in [-0.4, -0.2) is 51.0 Å². The zero-order valence-electron chi connectivity index (χ0n) is 14.5. The Morgan fingerprint density at radius 3 is 2.64 bits per heavy atom. The number of hydrogen-bond acceptors (Lipinski definition) is 4. The third-order valence-electron chi connectivity index (χ3n) is 5.04. The first kappa shape index (κ1) is 17.7. The molecule has 128 valence electrons. The normalized spacial score (nSPS) is 29.1. The zero-order valence-corrected chi connectivity index (χ0v) is 14.5. The van der Waals surface area contributed by atoms with Crippen molar-refractivity contribution >= 4 is 5.91 Å². The number of amides is 1. The lowest BCUT2D eigenvalue weighted by molar-refractivity contribution is -0.148. The highest BCUT2D eigenvalue weighted by Gasteiger charge is 2.41. The van der Waals surface area contributed by atoms with E-state index in [1.807, 2.05) is 0 Å². The molecule has 0 bridgehead atoms. The van der Waals surface area contributed by atoms with Gasteiger partial charge >= 0.3 is 0 Å². The van der Waals surface area contributed by atoms with E-state index in [1.165, 1.54) is 0 Å². The molecule has 2 heterocycles. The van der Waals surface area contributed by atoms with Crippen LogP contribution in [0.15, 0.2) is 0 Å². The van der Waals surface area contributed by atoms with Crippen LogP contribution in [0.5, 0.6) is 0 Å². The summed E-state index contributed by atoms with van der Waals surface area (Å²) in [6.07, 6.45) is 3.86. The highest BCUT2D eigenvalue weighted by atomic mass is 16.5. The summed E-state index contributed by atoms with van der Waals surface area (Å²) in [5.41, 5.74) is -0.554. The van der Waals surface area contributed by atoms with Gasteiger partial charge in [-0.3, -0.25) is 4.79 Å². The van der Waals surface area contributed by atoms with Crippen molar-refractivity contribution in [1.29, 1.82) is 0 Å². The molecule has 2 fully saturated rings. The molecule has 2 N–H and O–H groups in total. The minimum Gasteiger partial charge on any atom is -0.377 e. The number of methoxy groups -OCH3 is 1. The van der Waals surface area contributed by atoms with Gasteiger partial charge in [-0.05, 0) is 44.2 Å². The molecule has 5 heteroatoms. The second-order valence-electron chi connectivity index (χ2n) is 7.72. The van der Waals surface area contributed by atoms with E-state index < -0.39 is 5.60 Å². The van der Waals surface area contributed by atoms with E-state index in [1.54, 1.807) is 7.11 Å². The van der Waals surface area contributed by atoms with Crippen LogP contribution in [-0.2, 0) is 14.3 Å². The van der Waals surface area contributed by atoms with E-state index in [0.717, 1.165) is 45.4 Å². The molecular weight excluding hydrogens is 280 g/mol. The summed E-state index contributed by atoms with van der Waals surface area (Å²) in [6, 6.07) is 0. The molecule has 2 aliphatic rings. The van der Waals surface area contributed by atoms with E-state index in [9.17, 15) is 4.79 Å². The van der Waals surface area contributed by atoms with Gasteiger partial charge in [0.25, 0.3) is 5.91 Å². The smallest absolute Gasteiger partial charge is 0.252 e. The van der Waals surface area contributed by atoms with E-state index in [-0.39, 0.29) is 17.4 Å². The fourth-order valence-corrected chi connectivity index (χ4v) is 3.75. The van der Waals surface area contributed by atoms with Gasteiger partial charge in [0.2, 0.25) is 0 Å². The largest absolute Gasteiger partial charge is 0.377 e. The van der Waals surface area contributed by atoms with Crippen LogP contribution in [0.2, 0.25) is 0 Å². The third kappa shape index (κ3) is 4.00. The maximum Gasteiger partial charge on any atom is 0.252 e. The molecule has 0 saturated carbocycles. The van der Waals surface area contributed by atoms with Crippen LogP contribution in [0.3, 0.4) is 0 Å². The molecule has 2 atom stereocenters. The Morgan fingerprint density at radius 1 is 1.36 bits per heavy atom. The first-order chi connectivity index (χ1) is 10.4. The number of nitrogens with one attached hydrogen (secondary N) is 2. The Bertz CT molecular complexity index is 373. The summed E-state index contributed by atoms with van der Waals surface area (Å²) in [7, 11) is 1.65.